The Morgan fingerprint density at radius 3 is 2.45 bits per heavy atom. The van der Waals surface area contributed by atoms with Crippen molar-refractivity contribution in [3.63, 3.8) is 0 Å². The monoisotopic (exact) mass is 404 g/mol. The zero-order chi connectivity index (χ0) is 20.4. The Kier molecular flexibility index (Phi) is 5.49. The van der Waals surface area contributed by atoms with E-state index >= 15 is 0 Å². The van der Waals surface area contributed by atoms with E-state index in [1.165, 1.54) is 4.88 Å². The average Bonchev–Trinajstić information content (AvgIpc) is 3.09. The number of nitrogens with zero attached hydrogens (tertiary/aromatic N) is 1. The van der Waals surface area contributed by atoms with Gasteiger partial charge in [-0.15, -0.1) is 11.3 Å². The van der Waals surface area contributed by atoms with Crippen molar-refractivity contribution in [1.82, 2.24) is 0 Å². The van der Waals surface area contributed by atoms with Crippen LogP contribution in [-0.2, 0) is 6.42 Å². The molecule has 0 saturated heterocycles. The lowest BCUT2D eigenvalue weighted by Crippen LogP contribution is -2.31. The first-order valence-corrected chi connectivity index (χ1v) is 10.8. The van der Waals surface area contributed by atoms with Crippen LogP contribution in [0.1, 0.15) is 49.6 Å². The second-order valence-electron chi connectivity index (χ2n) is 7.47. The summed E-state index contributed by atoms with van der Waals surface area (Å²) >= 11 is 1.72. The minimum absolute atomic E-state index is 0.0126. The number of hydrogen-bond donors (Lipinski definition) is 1. The molecule has 148 valence electrons. The van der Waals surface area contributed by atoms with E-state index in [2.05, 4.69) is 10.7 Å². The molecule has 0 radical (unpaired) electrons. The van der Waals surface area contributed by atoms with Crippen molar-refractivity contribution in [2.24, 2.45) is 0 Å². The van der Waals surface area contributed by atoms with Crippen LogP contribution in [0, 0.1) is 13.8 Å². The molecule has 1 N–H and O–H groups in total. The molecule has 0 atom stereocenters. The van der Waals surface area contributed by atoms with Crippen LogP contribution in [0.4, 0.5) is 11.4 Å². The molecule has 2 heterocycles. The van der Waals surface area contributed by atoms with Gasteiger partial charge in [0.25, 0.3) is 11.8 Å². The number of thiophene rings is 1. The third-order valence-corrected chi connectivity index (χ3v) is 6.42. The van der Waals surface area contributed by atoms with Crippen LogP contribution in [0.3, 0.4) is 0 Å². The van der Waals surface area contributed by atoms with Crippen LogP contribution in [-0.4, -0.2) is 18.4 Å². The van der Waals surface area contributed by atoms with Gasteiger partial charge in [0.15, 0.2) is 0 Å². The molecule has 0 saturated carbocycles. The van der Waals surface area contributed by atoms with E-state index in [1.807, 2.05) is 43.0 Å². The maximum Gasteiger partial charge on any atom is 0.258 e. The van der Waals surface area contributed by atoms with Gasteiger partial charge in [0.1, 0.15) is 0 Å². The molecule has 1 aromatic heterocycles. The molecule has 29 heavy (non-hydrogen) atoms. The number of amides is 2. The largest absolute Gasteiger partial charge is 0.322 e. The first-order chi connectivity index (χ1) is 14.0. The Hall–Kier alpha value is -2.92. The van der Waals surface area contributed by atoms with Crippen molar-refractivity contribution >= 4 is 34.5 Å². The van der Waals surface area contributed by atoms with Crippen LogP contribution in [0.25, 0.3) is 0 Å². The summed E-state index contributed by atoms with van der Waals surface area (Å²) in [6, 6.07) is 14.9. The zero-order valence-corrected chi connectivity index (χ0v) is 17.5. The topological polar surface area (TPSA) is 49.4 Å². The standard InChI is InChI=1S/C24H24N2O2S/c1-16-6-7-19(15-17(16)2)23(27)25-20-10-8-18(9-11-20)24(28)26-13-4-3-5-22-21(26)12-14-29-22/h6-12,14-15H,3-5,13H2,1-2H3,(H,25,27). The molecular weight excluding hydrogens is 380 g/mol. The Bertz CT molecular complexity index is 1050. The molecule has 0 aliphatic carbocycles. The number of nitrogens with one attached hydrogen (secondary N) is 1. The van der Waals surface area contributed by atoms with Gasteiger partial charge < -0.3 is 10.2 Å². The van der Waals surface area contributed by atoms with Gasteiger partial charge in [0.05, 0.1) is 5.69 Å². The lowest BCUT2D eigenvalue weighted by molar-refractivity contribution is 0.0986. The molecule has 4 rings (SSSR count). The van der Waals surface area contributed by atoms with E-state index in [4.69, 9.17) is 0 Å². The van der Waals surface area contributed by atoms with Crippen molar-refractivity contribution in [2.45, 2.75) is 33.1 Å². The van der Waals surface area contributed by atoms with Crippen molar-refractivity contribution in [3.8, 4) is 0 Å². The van der Waals surface area contributed by atoms with Crippen molar-refractivity contribution in [2.75, 3.05) is 16.8 Å². The predicted octanol–water partition coefficient (Wildman–Crippen LogP) is 5.60. The highest BCUT2D eigenvalue weighted by Gasteiger charge is 2.23. The predicted molar refractivity (Wildman–Crippen MR) is 119 cm³/mol. The Balaban J connectivity index is 1.48. The van der Waals surface area contributed by atoms with E-state index in [9.17, 15) is 9.59 Å². The first-order valence-electron chi connectivity index (χ1n) is 9.90. The highest BCUT2D eigenvalue weighted by Crippen LogP contribution is 2.32. The van der Waals surface area contributed by atoms with E-state index in [1.54, 1.807) is 35.6 Å². The maximum absolute atomic E-state index is 13.1. The summed E-state index contributed by atoms with van der Waals surface area (Å²) in [6.45, 7) is 4.76. The fourth-order valence-corrected chi connectivity index (χ4v) is 4.51. The number of rotatable bonds is 3. The molecule has 1 aliphatic heterocycles. The van der Waals surface area contributed by atoms with E-state index < -0.39 is 0 Å². The van der Waals surface area contributed by atoms with Gasteiger partial charge in [-0.2, -0.15) is 0 Å². The molecule has 0 spiro atoms. The average molecular weight is 405 g/mol. The SMILES string of the molecule is Cc1ccc(C(=O)Nc2ccc(C(=O)N3CCCCc4sccc43)cc2)cc1C. The highest BCUT2D eigenvalue weighted by molar-refractivity contribution is 7.10. The Morgan fingerprint density at radius 2 is 1.69 bits per heavy atom. The molecule has 0 unspecified atom stereocenters. The van der Waals surface area contributed by atoms with Gasteiger partial charge in [0, 0.05) is 28.2 Å². The number of carbonyl (C=O) groups is 2. The Morgan fingerprint density at radius 1 is 0.931 bits per heavy atom. The quantitative estimate of drug-likeness (QED) is 0.618. The van der Waals surface area contributed by atoms with Gasteiger partial charge in [-0.1, -0.05) is 6.07 Å². The fourth-order valence-electron chi connectivity index (χ4n) is 3.59. The molecule has 0 bridgehead atoms. The van der Waals surface area contributed by atoms with Crippen molar-refractivity contribution in [3.05, 3.63) is 81.0 Å². The number of carbonyl (C=O) groups excluding carboxylic acids is 2. The molecular formula is C24H24N2O2S. The van der Waals surface area contributed by atoms with Crippen LogP contribution in [0.2, 0.25) is 0 Å². The molecule has 2 aromatic carbocycles. The second kappa shape index (κ2) is 8.21. The van der Waals surface area contributed by atoms with Gasteiger partial charge in [-0.25, -0.2) is 0 Å². The number of hydrogen-bond acceptors (Lipinski definition) is 3. The summed E-state index contributed by atoms with van der Waals surface area (Å²) < 4.78 is 0. The number of fused-ring (bicyclic) bond motifs is 1. The minimum atomic E-state index is -0.150. The maximum atomic E-state index is 13.1. The molecule has 3 aromatic rings. The lowest BCUT2D eigenvalue weighted by Gasteiger charge is -2.21. The van der Waals surface area contributed by atoms with Gasteiger partial charge in [-0.3, -0.25) is 9.59 Å². The Labute approximate surface area is 175 Å². The molecule has 5 heteroatoms. The normalized spacial score (nSPS) is 13.5. The summed E-state index contributed by atoms with van der Waals surface area (Å²) in [4.78, 5) is 28.8. The smallest absolute Gasteiger partial charge is 0.258 e. The molecule has 1 aliphatic rings. The number of aryl methyl sites for hydroxylation is 3. The number of benzene rings is 2. The second-order valence-corrected chi connectivity index (χ2v) is 8.47. The van der Waals surface area contributed by atoms with Crippen molar-refractivity contribution in [1.29, 1.82) is 0 Å². The van der Waals surface area contributed by atoms with Crippen molar-refractivity contribution < 1.29 is 9.59 Å². The summed E-state index contributed by atoms with van der Waals surface area (Å²) in [6.07, 6.45) is 3.16. The van der Waals surface area contributed by atoms with E-state index in [0.717, 1.165) is 42.6 Å². The van der Waals surface area contributed by atoms with Gasteiger partial charge in [-0.05, 0) is 92.1 Å². The van der Waals surface area contributed by atoms with Gasteiger partial charge in [0.2, 0.25) is 0 Å². The third kappa shape index (κ3) is 4.10. The summed E-state index contributed by atoms with van der Waals surface area (Å²) in [5.74, 6) is -0.138. The van der Waals surface area contributed by atoms with Crippen LogP contribution in [0.15, 0.2) is 53.9 Å². The molecule has 4 nitrogen and oxygen atoms in total. The van der Waals surface area contributed by atoms with E-state index in [0.29, 0.717) is 16.8 Å². The summed E-state index contributed by atoms with van der Waals surface area (Å²) in [7, 11) is 0. The van der Waals surface area contributed by atoms with E-state index in [-0.39, 0.29) is 11.8 Å². The third-order valence-electron chi connectivity index (χ3n) is 5.45. The van der Waals surface area contributed by atoms with Gasteiger partial charge >= 0.3 is 0 Å². The zero-order valence-electron chi connectivity index (χ0n) is 16.7. The highest BCUT2D eigenvalue weighted by atomic mass is 32.1. The molecule has 0 fully saturated rings. The summed E-state index contributed by atoms with van der Waals surface area (Å²) in [5, 5.41) is 4.97. The molecule has 2 amide bonds. The fraction of sp³-hybridized carbons (Fsp3) is 0.250. The lowest BCUT2D eigenvalue weighted by atomic mass is 10.1. The van der Waals surface area contributed by atoms with Crippen LogP contribution < -0.4 is 10.2 Å². The van der Waals surface area contributed by atoms with Crippen LogP contribution in [0.5, 0.6) is 0 Å². The summed E-state index contributed by atoms with van der Waals surface area (Å²) in [5.41, 5.74) is 5.23. The first kappa shape index (κ1) is 19.4. The minimum Gasteiger partial charge on any atom is -0.322 e. The van der Waals surface area contributed by atoms with Crippen LogP contribution >= 0.6 is 11.3 Å². The number of anilines is 2.